The minimum atomic E-state index is -4.95. The van der Waals surface area contributed by atoms with Gasteiger partial charge >= 0.3 is 6.18 Å². The van der Waals surface area contributed by atoms with Crippen LogP contribution in [0.5, 0.6) is 0 Å². The average Bonchev–Trinajstić information content (AvgIpc) is 2.93. The summed E-state index contributed by atoms with van der Waals surface area (Å²) in [6.45, 7) is 3.84. The van der Waals surface area contributed by atoms with Crippen molar-refractivity contribution in [2.75, 3.05) is 4.90 Å². The highest BCUT2D eigenvalue weighted by atomic mass is 19.4. The first kappa shape index (κ1) is 24.8. The highest BCUT2D eigenvalue weighted by Crippen LogP contribution is 2.56. The monoisotopic (exact) mass is 516 g/mol. The number of hydrogen-bond acceptors (Lipinski definition) is 2. The molecule has 0 spiro atoms. The number of fused-ring (bicyclic) bond motifs is 2. The fourth-order valence-corrected chi connectivity index (χ4v) is 5.02. The van der Waals surface area contributed by atoms with Crippen LogP contribution in [0.1, 0.15) is 42.5 Å². The molecule has 0 unspecified atom stereocenters. The van der Waals surface area contributed by atoms with Gasteiger partial charge in [-0.1, -0.05) is 62.4 Å². The Labute approximate surface area is 208 Å². The SMILES string of the molecule is CC1(C)c2ccccc2N(c2c(C3=C(F)CC(F)=NC(F)=C3F)cccc2C(F)(F)F)c2ccccc21. The van der Waals surface area contributed by atoms with Gasteiger partial charge in [-0.3, -0.25) is 0 Å². The summed E-state index contributed by atoms with van der Waals surface area (Å²) in [6.07, 6.45) is -6.16. The summed E-state index contributed by atoms with van der Waals surface area (Å²) in [5.74, 6) is -6.86. The van der Waals surface area contributed by atoms with Crippen molar-refractivity contribution in [2.45, 2.75) is 31.9 Å². The summed E-state index contributed by atoms with van der Waals surface area (Å²) >= 11 is 0. The second-order valence-corrected chi connectivity index (χ2v) is 9.24. The van der Waals surface area contributed by atoms with Gasteiger partial charge in [0.1, 0.15) is 5.83 Å². The van der Waals surface area contributed by atoms with Crippen LogP contribution in [0.25, 0.3) is 5.57 Å². The van der Waals surface area contributed by atoms with Gasteiger partial charge in [0.25, 0.3) is 5.95 Å². The summed E-state index contributed by atoms with van der Waals surface area (Å²) in [5.41, 5.74) is -2.10. The smallest absolute Gasteiger partial charge is 0.309 e. The van der Waals surface area contributed by atoms with Crippen LogP contribution in [0.15, 0.2) is 89.3 Å². The number of nitrogens with zero attached hydrogens (tertiary/aromatic N) is 2. The van der Waals surface area contributed by atoms with Crippen molar-refractivity contribution in [3.63, 3.8) is 0 Å². The number of allylic oxidation sites excluding steroid dienone is 3. The van der Waals surface area contributed by atoms with Gasteiger partial charge in [0, 0.05) is 11.0 Å². The van der Waals surface area contributed by atoms with Crippen molar-refractivity contribution in [2.24, 2.45) is 4.99 Å². The van der Waals surface area contributed by atoms with E-state index in [9.17, 15) is 22.0 Å². The number of alkyl halides is 3. The van der Waals surface area contributed by atoms with E-state index in [0.717, 1.165) is 18.2 Å². The molecule has 2 aliphatic heterocycles. The first-order valence-corrected chi connectivity index (χ1v) is 11.3. The molecule has 0 fully saturated rings. The quantitative estimate of drug-likeness (QED) is 0.245. The zero-order chi connectivity index (χ0) is 26.7. The van der Waals surface area contributed by atoms with Crippen LogP contribution in [0.3, 0.4) is 0 Å². The third-order valence-corrected chi connectivity index (χ3v) is 6.66. The molecule has 2 heterocycles. The first-order chi connectivity index (χ1) is 17.4. The molecule has 9 heteroatoms. The predicted octanol–water partition coefficient (Wildman–Crippen LogP) is 9.37. The molecule has 0 radical (unpaired) electrons. The fourth-order valence-electron chi connectivity index (χ4n) is 5.02. The van der Waals surface area contributed by atoms with Gasteiger partial charge < -0.3 is 4.90 Å². The van der Waals surface area contributed by atoms with E-state index in [4.69, 9.17) is 0 Å². The van der Waals surface area contributed by atoms with Crippen molar-refractivity contribution < 1.29 is 30.7 Å². The van der Waals surface area contributed by atoms with E-state index >= 15 is 8.78 Å². The lowest BCUT2D eigenvalue weighted by Crippen LogP contribution is -2.32. The number of para-hydroxylation sites is 3. The third-order valence-electron chi connectivity index (χ3n) is 6.66. The Kier molecular flexibility index (Phi) is 5.77. The molecule has 3 aromatic carbocycles. The van der Waals surface area contributed by atoms with Gasteiger partial charge in [0.05, 0.1) is 34.6 Å². The topological polar surface area (TPSA) is 15.6 Å². The molecule has 0 atom stereocenters. The molecule has 2 aliphatic rings. The molecule has 0 aromatic heterocycles. The minimum Gasteiger partial charge on any atom is -0.309 e. The zero-order valence-electron chi connectivity index (χ0n) is 19.6. The maximum atomic E-state index is 15.2. The van der Waals surface area contributed by atoms with Gasteiger partial charge in [-0.2, -0.15) is 26.9 Å². The minimum absolute atomic E-state index is 0.353. The van der Waals surface area contributed by atoms with E-state index < -0.39 is 64.0 Å². The molecule has 0 N–H and O–H groups in total. The van der Waals surface area contributed by atoms with Crippen LogP contribution >= 0.6 is 0 Å². The van der Waals surface area contributed by atoms with E-state index in [1.165, 1.54) is 4.90 Å². The Hall–Kier alpha value is -3.88. The normalized spacial score (nSPS) is 17.3. The molecular formula is C28H19F7N2. The Balaban J connectivity index is 1.93. The summed E-state index contributed by atoms with van der Waals surface area (Å²) in [4.78, 5) is 4.04. The van der Waals surface area contributed by atoms with Crippen molar-refractivity contribution in [3.8, 4) is 0 Å². The number of hydrogen-bond donors (Lipinski definition) is 0. The van der Waals surface area contributed by atoms with Gasteiger partial charge in [-0.15, -0.1) is 0 Å². The molecule has 5 rings (SSSR count). The van der Waals surface area contributed by atoms with Crippen molar-refractivity contribution in [1.82, 2.24) is 0 Å². The molecule has 0 aliphatic carbocycles. The highest BCUT2D eigenvalue weighted by molar-refractivity contribution is 5.97. The van der Waals surface area contributed by atoms with Crippen LogP contribution in [-0.4, -0.2) is 5.97 Å². The van der Waals surface area contributed by atoms with Crippen LogP contribution < -0.4 is 4.90 Å². The van der Waals surface area contributed by atoms with Gasteiger partial charge in [-0.05, 0) is 29.3 Å². The Bertz CT molecular complexity index is 1460. The molecule has 0 saturated carbocycles. The number of aliphatic imine (C=N–C) groups is 1. The highest BCUT2D eigenvalue weighted by Gasteiger charge is 2.43. The Morgan fingerprint density at radius 1 is 0.784 bits per heavy atom. The van der Waals surface area contributed by atoms with Crippen molar-refractivity contribution >= 4 is 28.6 Å². The molecular weight excluding hydrogens is 497 g/mol. The zero-order valence-corrected chi connectivity index (χ0v) is 19.6. The molecule has 2 nitrogen and oxygen atoms in total. The predicted molar refractivity (Wildman–Crippen MR) is 129 cm³/mol. The lowest BCUT2D eigenvalue weighted by molar-refractivity contribution is -0.137. The number of rotatable bonds is 2. The average molecular weight is 516 g/mol. The number of halogens is 7. The maximum Gasteiger partial charge on any atom is 0.418 e. The van der Waals surface area contributed by atoms with Crippen LogP contribution in [0, 0.1) is 0 Å². The second-order valence-electron chi connectivity index (χ2n) is 9.24. The summed E-state index contributed by atoms with van der Waals surface area (Å²) in [6, 6.07) is 16.3. The lowest BCUT2D eigenvalue weighted by atomic mass is 9.73. The van der Waals surface area contributed by atoms with E-state index in [-0.39, 0.29) is 0 Å². The molecule has 190 valence electrons. The second kappa shape index (κ2) is 8.61. The van der Waals surface area contributed by atoms with E-state index in [1.54, 1.807) is 48.5 Å². The van der Waals surface area contributed by atoms with E-state index in [2.05, 4.69) is 4.99 Å². The van der Waals surface area contributed by atoms with Gasteiger partial charge in [-0.25, -0.2) is 8.78 Å². The maximum absolute atomic E-state index is 15.2. The molecule has 0 saturated heterocycles. The molecule has 0 amide bonds. The van der Waals surface area contributed by atoms with Crippen molar-refractivity contribution in [1.29, 1.82) is 0 Å². The first-order valence-electron chi connectivity index (χ1n) is 11.3. The Morgan fingerprint density at radius 2 is 1.35 bits per heavy atom. The number of benzene rings is 3. The lowest BCUT2D eigenvalue weighted by Gasteiger charge is -2.43. The van der Waals surface area contributed by atoms with Crippen LogP contribution in [-0.2, 0) is 11.6 Å². The standard InChI is InChI=1S/C28H19F7N2/c1-27(2)16-9-3-5-12-20(16)37(21-13-6-4-10-17(21)27)25-15(8-7-11-18(25)28(33,34)35)23-19(29)14-22(30)36-26(32)24(23)31/h3-13H,14H2,1-2H3. The summed E-state index contributed by atoms with van der Waals surface area (Å²) in [5, 5.41) is 0. The van der Waals surface area contributed by atoms with Crippen LogP contribution in [0.2, 0.25) is 0 Å². The largest absolute Gasteiger partial charge is 0.418 e. The number of anilines is 3. The van der Waals surface area contributed by atoms with Gasteiger partial charge in [0.15, 0.2) is 11.8 Å². The van der Waals surface area contributed by atoms with E-state index in [0.29, 0.717) is 22.5 Å². The third kappa shape index (κ3) is 3.93. The molecule has 37 heavy (non-hydrogen) atoms. The van der Waals surface area contributed by atoms with E-state index in [1.807, 2.05) is 13.8 Å². The molecule has 3 aromatic rings. The fraction of sp³-hybridized carbons (Fsp3) is 0.179. The Morgan fingerprint density at radius 3 is 1.92 bits per heavy atom. The molecule has 0 bridgehead atoms. The van der Waals surface area contributed by atoms with Crippen molar-refractivity contribution in [3.05, 3.63) is 107 Å². The summed E-state index contributed by atoms with van der Waals surface area (Å²) in [7, 11) is 0. The summed E-state index contributed by atoms with van der Waals surface area (Å²) < 4.78 is 102. The van der Waals surface area contributed by atoms with Gasteiger partial charge in [0.2, 0.25) is 0 Å². The van der Waals surface area contributed by atoms with Crippen LogP contribution in [0.4, 0.5) is 47.8 Å².